The number of H-pyrrole nitrogens is 1. The van der Waals surface area contributed by atoms with Crippen molar-refractivity contribution in [1.82, 2.24) is 29.2 Å². The van der Waals surface area contributed by atoms with E-state index in [0.29, 0.717) is 39.9 Å². The van der Waals surface area contributed by atoms with Crippen LogP contribution in [0.2, 0.25) is 0 Å². The fourth-order valence-corrected chi connectivity index (χ4v) is 8.92. The highest BCUT2D eigenvalue weighted by Crippen LogP contribution is 2.52. The van der Waals surface area contributed by atoms with Crippen LogP contribution in [0.25, 0.3) is 16.6 Å². The maximum atomic E-state index is 14.2. The molecule has 1 aliphatic heterocycles. The molecule has 1 aromatic carbocycles. The summed E-state index contributed by atoms with van der Waals surface area (Å²) in [5.74, 6) is 2.33. The molecule has 3 aliphatic rings. The summed E-state index contributed by atoms with van der Waals surface area (Å²) < 4.78 is 30.3. The van der Waals surface area contributed by atoms with Crippen LogP contribution in [0, 0.1) is 11.8 Å². The van der Waals surface area contributed by atoms with Gasteiger partial charge in [0.1, 0.15) is 17.7 Å². The van der Waals surface area contributed by atoms with Crippen LogP contribution < -0.4 is 5.56 Å². The number of piperidine rings is 1. The van der Waals surface area contributed by atoms with Crippen LogP contribution in [0.3, 0.4) is 0 Å². The lowest BCUT2D eigenvalue weighted by Gasteiger charge is -2.46. The highest BCUT2D eigenvalue weighted by atomic mass is 32.2. The van der Waals surface area contributed by atoms with E-state index >= 15 is 0 Å². The molecule has 3 aromatic heterocycles. The number of fused-ring (bicyclic) bond motifs is 1. The number of aromatic nitrogens is 5. The molecule has 4 aromatic rings. The second kappa shape index (κ2) is 9.91. The van der Waals surface area contributed by atoms with Crippen molar-refractivity contribution < 1.29 is 8.42 Å². The number of pyridine rings is 1. The van der Waals surface area contributed by atoms with Gasteiger partial charge in [-0.2, -0.15) is 0 Å². The van der Waals surface area contributed by atoms with Gasteiger partial charge in [0, 0.05) is 49.4 Å². The zero-order valence-electron chi connectivity index (χ0n) is 24.9. The molecule has 2 aliphatic carbocycles. The van der Waals surface area contributed by atoms with Crippen molar-refractivity contribution >= 4 is 20.7 Å². The van der Waals surface area contributed by atoms with E-state index in [1.54, 1.807) is 10.9 Å². The summed E-state index contributed by atoms with van der Waals surface area (Å²) in [4.78, 5) is 20.2. The minimum Gasteiger partial charge on any atom is -0.352 e. The van der Waals surface area contributed by atoms with Crippen LogP contribution in [0.4, 0.5) is 0 Å². The third-order valence-corrected chi connectivity index (χ3v) is 10.9. The van der Waals surface area contributed by atoms with Crippen LogP contribution in [-0.2, 0) is 28.8 Å². The summed E-state index contributed by atoms with van der Waals surface area (Å²) in [7, 11) is -1.60. The van der Waals surface area contributed by atoms with E-state index in [-0.39, 0.29) is 16.9 Å². The second-order valence-corrected chi connectivity index (χ2v) is 15.3. The van der Waals surface area contributed by atoms with Gasteiger partial charge in [0.15, 0.2) is 9.84 Å². The summed E-state index contributed by atoms with van der Waals surface area (Å²) >= 11 is 0. The van der Waals surface area contributed by atoms with Crippen molar-refractivity contribution in [1.29, 1.82) is 0 Å². The van der Waals surface area contributed by atoms with E-state index in [1.807, 2.05) is 29.9 Å². The Bertz CT molecular complexity index is 1840. The molecule has 0 bridgehead atoms. The van der Waals surface area contributed by atoms with Crippen molar-refractivity contribution in [2.24, 2.45) is 18.9 Å². The number of nitrogens with zero attached hydrogens (tertiary/aromatic N) is 5. The molecule has 7 rings (SSSR count). The number of rotatable bonds is 7. The predicted molar refractivity (Wildman–Crippen MR) is 163 cm³/mol. The lowest BCUT2D eigenvalue weighted by atomic mass is 9.58. The van der Waals surface area contributed by atoms with Gasteiger partial charge in [0.2, 0.25) is 0 Å². The van der Waals surface area contributed by atoms with Crippen LogP contribution in [0.15, 0.2) is 46.5 Å². The highest BCUT2D eigenvalue weighted by molar-refractivity contribution is 7.91. The quantitative estimate of drug-likeness (QED) is 0.336. The van der Waals surface area contributed by atoms with Gasteiger partial charge in [-0.15, -0.1) is 10.2 Å². The fraction of sp³-hybridized carbons (Fsp3) is 0.531. The molecule has 4 heterocycles. The van der Waals surface area contributed by atoms with Gasteiger partial charge in [-0.3, -0.25) is 14.3 Å². The van der Waals surface area contributed by atoms with Crippen molar-refractivity contribution in [2.45, 2.75) is 75.1 Å². The Morgan fingerprint density at radius 3 is 2.55 bits per heavy atom. The third-order valence-electron chi connectivity index (χ3n) is 9.74. The Morgan fingerprint density at radius 2 is 1.90 bits per heavy atom. The number of likely N-dealkylation sites (tertiary alicyclic amines) is 1. The van der Waals surface area contributed by atoms with E-state index in [9.17, 15) is 13.2 Å². The number of hydrogen-bond acceptors (Lipinski definition) is 6. The number of benzene rings is 1. The largest absolute Gasteiger partial charge is 0.352 e. The standard InChI is InChI=1S/C32H40N6O3S/c1-20-7-6-12-37(16-20)18-26-29(42(4,40)41)27-25(22-10-11-22)17-38(30(39)28(27)34-26)24-9-5-8-23(13-24)32(14-21(2)15-32)31-35-33-19-36(31)3/h5,8-9,13,17,19-22,34H,6-7,10-12,14-16,18H2,1-4H3/t20-,21?,32?/m0/s1. The van der Waals surface area contributed by atoms with Crippen molar-refractivity contribution in [3.63, 3.8) is 0 Å². The van der Waals surface area contributed by atoms with E-state index < -0.39 is 9.84 Å². The first kappa shape index (κ1) is 27.6. The Kier molecular flexibility index (Phi) is 6.51. The normalized spacial score (nSPS) is 25.1. The molecule has 1 atom stereocenters. The SMILES string of the molecule is CC1CC(c2cccc(-n3cc(C4CC4)c4c(S(C)(=O)=O)c(CN5CCC[C@H](C)C5)[nH]c4c3=O)c2)(c2nncn2C)C1. The lowest BCUT2D eigenvalue weighted by molar-refractivity contribution is 0.174. The van der Waals surface area contributed by atoms with Gasteiger partial charge in [-0.25, -0.2) is 8.42 Å². The first-order valence-electron chi connectivity index (χ1n) is 15.2. The van der Waals surface area contributed by atoms with E-state index in [2.05, 4.69) is 46.1 Å². The monoisotopic (exact) mass is 588 g/mol. The minimum atomic E-state index is -3.58. The molecule has 9 nitrogen and oxygen atoms in total. The smallest absolute Gasteiger partial charge is 0.279 e. The maximum absolute atomic E-state index is 14.2. The van der Waals surface area contributed by atoms with Crippen LogP contribution in [0.5, 0.6) is 0 Å². The zero-order valence-corrected chi connectivity index (χ0v) is 25.7. The van der Waals surface area contributed by atoms with Gasteiger partial charge >= 0.3 is 0 Å². The molecule has 0 amide bonds. The minimum absolute atomic E-state index is 0.218. The Labute approximate surface area is 246 Å². The summed E-state index contributed by atoms with van der Waals surface area (Å²) in [6.07, 6.45) is 11.1. The van der Waals surface area contributed by atoms with E-state index in [1.165, 1.54) is 12.7 Å². The topological polar surface area (TPSA) is 106 Å². The number of nitrogens with one attached hydrogen (secondary N) is 1. The molecular formula is C32H40N6O3S. The molecule has 3 fully saturated rings. The van der Waals surface area contributed by atoms with Gasteiger partial charge < -0.3 is 9.55 Å². The lowest BCUT2D eigenvalue weighted by Crippen LogP contribution is -2.43. The third kappa shape index (κ3) is 4.54. The van der Waals surface area contributed by atoms with Crippen LogP contribution in [-0.4, -0.2) is 57.0 Å². The fourth-order valence-electron chi connectivity index (χ4n) is 7.77. The number of aromatic amines is 1. The molecule has 2 saturated carbocycles. The molecule has 1 N–H and O–H groups in total. The molecule has 0 radical (unpaired) electrons. The number of sulfone groups is 1. The molecule has 1 saturated heterocycles. The molecule has 10 heteroatoms. The summed E-state index contributed by atoms with van der Waals surface area (Å²) in [5.41, 5.74) is 3.42. The van der Waals surface area contributed by atoms with Gasteiger partial charge in [0.25, 0.3) is 5.56 Å². The van der Waals surface area contributed by atoms with Gasteiger partial charge in [-0.1, -0.05) is 26.0 Å². The molecular weight excluding hydrogens is 548 g/mol. The Morgan fingerprint density at radius 1 is 1.12 bits per heavy atom. The van der Waals surface area contributed by atoms with Crippen molar-refractivity contribution in [3.05, 3.63) is 69.8 Å². The van der Waals surface area contributed by atoms with Crippen LogP contribution in [0.1, 0.15) is 80.9 Å². The van der Waals surface area contributed by atoms with Crippen LogP contribution >= 0.6 is 0 Å². The average Bonchev–Trinajstić information content (AvgIpc) is 3.55. The van der Waals surface area contributed by atoms with E-state index in [4.69, 9.17) is 0 Å². The van der Waals surface area contributed by atoms with Gasteiger partial charge in [-0.05, 0) is 86.1 Å². The number of hydrogen-bond donors (Lipinski definition) is 1. The highest BCUT2D eigenvalue weighted by Gasteiger charge is 2.48. The first-order chi connectivity index (χ1) is 20.0. The Hall–Kier alpha value is -3.24. The second-order valence-electron chi connectivity index (χ2n) is 13.4. The molecule has 42 heavy (non-hydrogen) atoms. The molecule has 0 spiro atoms. The summed E-state index contributed by atoms with van der Waals surface area (Å²) in [6, 6.07) is 8.22. The molecule has 0 unspecified atom stereocenters. The summed E-state index contributed by atoms with van der Waals surface area (Å²) in [6.45, 7) is 6.86. The van der Waals surface area contributed by atoms with Crippen molar-refractivity contribution in [3.8, 4) is 5.69 Å². The van der Waals surface area contributed by atoms with Gasteiger partial charge in [0.05, 0.1) is 10.3 Å². The number of aryl methyl sites for hydroxylation is 1. The van der Waals surface area contributed by atoms with E-state index in [0.717, 1.165) is 67.8 Å². The first-order valence-corrected chi connectivity index (χ1v) is 17.1. The van der Waals surface area contributed by atoms with Crippen molar-refractivity contribution in [2.75, 3.05) is 19.3 Å². The predicted octanol–water partition coefficient (Wildman–Crippen LogP) is 4.68. The molecule has 222 valence electrons. The zero-order chi connectivity index (χ0) is 29.4. The Balaban J connectivity index is 1.39. The average molecular weight is 589 g/mol. The summed E-state index contributed by atoms with van der Waals surface area (Å²) in [5, 5.41) is 9.26. The maximum Gasteiger partial charge on any atom is 0.279 e.